The van der Waals surface area contributed by atoms with Gasteiger partial charge in [0.15, 0.2) is 0 Å². The summed E-state index contributed by atoms with van der Waals surface area (Å²) < 4.78 is 17.9. The van der Waals surface area contributed by atoms with E-state index in [4.69, 9.17) is 11.2 Å². The smallest absolute Gasteiger partial charge is 0.123 e. The SMILES string of the molecule is C#CCCc1cc(F)ccc1OC. The van der Waals surface area contributed by atoms with Crippen LogP contribution in [0.5, 0.6) is 5.75 Å². The number of methoxy groups -OCH3 is 1. The van der Waals surface area contributed by atoms with Gasteiger partial charge in [0.05, 0.1) is 7.11 Å². The summed E-state index contributed by atoms with van der Waals surface area (Å²) in [6, 6.07) is 4.44. The van der Waals surface area contributed by atoms with Gasteiger partial charge in [-0.2, -0.15) is 0 Å². The first-order valence-corrected chi connectivity index (χ1v) is 4.04. The normalized spacial score (nSPS) is 9.31. The minimum atomic E-state index is -0.257. The van der Waals surface area contributed by atoms with Crippen molar-refractivity contribution in [1.29, 1.82) is 0 Å². The van der Waals surface area contributed by atoms with Gasteiger partial charge in [-0.05, 0) is 30.2 Å². The highest BCUT2D eigenvalue weighted by atomic mass is 19.1. The van der Waals surface area contributed by atoms with Gasteiger partial charge >= 0.3 is 0 Å². The molecule has 0 heterocycles. The van der Waals surface area contributed by atoms with Gasteiger partial charge in [0.1, 0.15) is 11.6 Å². The van der Waals surface area contributed by atoms with Gasteiger partial charge < -0.3 is 4.74 Å². The molecular weight excluding hydrogens is 167 g/mol. The maximum atomic E-state index is 12.8. The van der Waals surface area contributed by atoms with E-state index in [9.17, 15) is 4.39 Å². The number of ether oxygens (including phenoxy) is 1. The summed E-state index contributed by atoms with van der Waals surface area (Å²) in [6.07, 6.45) is 6.37. The average Bonchev–Trinajstić information content (AvgIpc) is 2.15. The molecule has 1 aromatic carbocycles. The van der Waals surface area contributed by atoms with E-state index in [1.54, 1.807) is 13.2 Å². The molecule has 2 heteroatoms. The van der Waals surface area contributed by atoms with E-state index < -0.39 is 0 Å². The predicted octanol–water partition coefficient (Wildman–Crippen LogP) is 2.40. The van der Waals surface area contributed by atoms with Crippen LogP contribution in [-0.2, 0) is 6.42 Å². The Kier molecular flexibility index (Phi) is 3.33. The Labute approximate surface area is 77.5 Å². The zero-order valence-electron chi connectivity index (χ0n) is 7.51. The molecule has 13 heavy (non-hydrogen) atoms. The number of rotatable bonds is 3. The van der Waals surface area contributed by atoms with Crippen molar-refractivity contribution < 1.29 is 9.13 Å². The fraction of sp³-hybridized carbons (Fsp3) is 0.273. The number of hydrogen-bond donors (Lipinski definition) is 0. The molecule has 1 nitrogen and oxygen atoms in total. The Hall–Kier alpha value is -1.49. The van der Waals surface area contributed by atoms with Crippen molar-refractivity contribution in [3.05, 3.63) is 29.6 Å². The molecule has 0 aliphatic heterocycles. The molecule has 0 aromatic heterocycles. The number of benzene rings is 1. The van der Waals surface area contributed by atoms with Crippen LogP contribution in [0.25, 0.3) is 0 Å². The monoisotopic (exact) mass is 178 g/mol. The zero-order chi connectivity index (χ0) is 9.68. The first kappa shape index (κ1) is 9.60. The van der Waals surface area contributed by atoms with Gasteiger partial charge in [-0.25, -0.2) is 4.39 Å². The summed E-state index contributed by atoms with van der Waals surface area (Å²) in [5, 5.41) is 0. The summed E-state index contributed by atoms with van der Waals surface area (Å²) >= 11 is 0. The summed E-state index contributed by atoms with van der Waals surface area (Å²) in [4.78, 5) is 0. The fourth-order valence-corrected chi connectivity index (χ4v) is 1.15. The van der Waals surface area contributed by atoms with Crippen LogP contribution >= 0.6 is 0 Å². The van der Waals surface area contributed by atoms with Gasteiger partial charge in [0.25, 0.3) is 0 Å². The van der Waals surface area contributed by atoms with Crippen molar-refractivity contribution in [1.82, 2.24) is 0 Å². The quantitative estimate of drug-likeness (QED) is 0.646. The van der Waals surface area contributed by atoms with Crippen LogP contribution in [0.1, 0.15) is 12.0 Å². The lowest BCUT2D eigenvalue weighted by Crippen LogP contribution is -1.92. The molecule has 0 aliphatic rings. The van der Waals surface area contributed by atoms with E-state index >= 15 is 0 Å². The highest BCUT2D eigenvalue weighted by Gasteiger charge is 2.02. The minimum absolute atomic E-state index is 0.257. The first-order chi connectivity index (χ1) is 6.27. The summed E-state index contributed by atoms with van der Waals surface area (Å²) in [5.41, 5.74) is 0.820. The summed E-state index contributed by atoms with van der Waals surface area (Å²) in [6.45, 7) is 0. The van der Waals surface area contributed by atoms with Crippen LogP contribution < -0.4 is 4.74 Å². The second-order valence-corrected chi connectivity index (χ2v) is 2.66. The topological polar surface area (TPSA) is 9.23 Å². The van der Waals surface area contributed by atoms with E-state index in [0.717, 1.165) is 5.56 Å². The molecule has 68 valence electrons. The molecule has 0 atom stereocenters. The number of aryl methyl sites for hydroxylation is 1. The van der Waals surface area contributed by atoms with Crippen molar-refractivity contribution in [3.63, 3.8) is 0 Å². The molecule has 0 unspecified atom stereocenters. The van der Waals surface area contributed by atoms with Crippen molar-refractivity contribution in [2.45, 2.75) is 12.8 Å². The van der Waals surface area contributed by atoms with Gasteiger partial charge in [0.2, 0.25) is 0 Å². The van der Waals surface area contributed by atoms with E-state index in [2.05, 4.69) is 5.92 Å². The molecule has 0 aliphatic carbocycles. The molecule has 0 N–H and O–H groups in total. The van der Waals surface area contributed by atoms with Gasteiger partial charge in [0, 0.05) is 6.42 Å². The van der Waals surface area contributed by atoms with E-state index in [1.807, 2.05) is 0 Å². The lowest BCUT2D eigenvalue weighted by molar-refractivity contribution is 0.408. The third-order valence-electron chi connectivity index (χ3n) is 1.78. The van der Waals surface area contributed by atoms with Crippen molar-refractivity contribution >= 4 is 0 Å². The molecule has 0 amide bonds. The minimum Gasteiger partial charge on any atom is -0.496 e. The standard InChI is InChI=1S/C11H11FO/c1-3-4-5-9-8-10(12)6-7-11(9)13-2/h1,6-8H,4-5H2,2H3. The third-order valence-corrected chi connectivity index (χ3v) is 1.78. The molecule has 0 radical (unpaired) electrons. The molecular formula is C11H11FO. The summed E-state index contributed by atoms with van der Waals surface area (Å²) in [5.74, 6) is 2.94. The maximum absolute atomic E-state index is 12.8. The molecule has 0 saturated heterocycles. The molecule has 0 fully saturated rings. The Morgan fingerprint density at radius 3 is 2.92 bits per heavy atom. The Morgan fingerprint density at radius 2 is 2.31 bits per heavy atom. The van der Waals surface area contributed by atoms with Crippen molar-refractivity contribution in [2.75, 3.05) is 7.11 Å². The molecule has 1 rings (SSSR count). The third kappa shape index (κ3) is 2.48. The fourth-order valence-electron chi connectivity index (χ4n) is 1.15. The highest BCUT2D eigenvalue weighted by Crippen LogP contribution is 2.20. The van der Waals surface area contributed by atoms with Gasteiger partial charge in [-0.1, -0.05) is 0 Å². The van der Waals surface area contributed by atoms with Crippen molar-refractivity contribution in [3.8, 4) is 18.1 Å². The molecule has 1 aromatic rings. The van der Waals surface area contributed by atoms with Gasteiger partial charge in [-0.15, -0.1) is 12.3 Å². The lowest BCUT2D eigenvalue weighted by Gasteiger charge is -2.06. The molecule has 0 bridgehead atoms. The number of hydrogen-bond acceptors (Lipinski definition) is 1. The van der Waals surface area contributed by atoms with E-state index in [1.165, 1.54) is 12.1 Å². The van der Waals surface area contributed by atoms with Gasteiger partial charge in [-0.3, -0.25) is 0 Å². The Balaban J connectivity index is 2.89. The van der Waals surface area contributed by atoms with Crippen LogP contribution in [0.4, 0.5) is 4.39 Å². The van der Waals surface area contributed by atoms with Crippen LogP contribution in [0.15, 0.2) is 18.2 Å². The van der Waals surface area contributed by atoms with Crippen LogP contribution in [-0.4, -0.2) is 7.11 Å². The highest BCUT2D eigenvalue weighted by molar-refractivity contribution is 5.34. The lowest BCUT2D eigenvalue weighted by atomic mass is 10.1. The van der Waals surface area contributed by atoms with Crippen molar-refractivity contribution in [2.24, 2.45) is 0 Å². The Bertz CT molecular complexity index is 325. The van der Waals surface area contributed by atoms with E-state index in [-0.39, 0.29) is 5.82 Å². The van der Waals surface area contributed by atoms with Crippen LogP contribution in [0.3, 0.4) is 0 Å². The summed E-state index contributed by atoms with van der Waals surface area (Å²) in [7, 11) is 1.56. The predicted molar refractivity (Wildman–Crippen MR) is 50.1 cm³/mol. The van der Waals surface area contributed by atoms with Crippen LogP contribution in [0.2, 0.25) is 0 Å². The number of terminal acetylenes is 1. The second-order valence-electron chi connectivity index (χ2n) is 2.66. The largest absolute Gasteiger partial charge is 0.496 e. The molecule has 0 spiro atoms. The zero-order valence-corrected chi connectivity index (χ0v) is 7.51. The molecule has 0 saturated carbocycles. The maximum Gasteiger partial charge on any atom is 0.123 e. The van der Waals surface area contributed by atoms with E-state index in [0.29, 0.717) is 18.6 Å². The second kappa shape index (κ2) is 4.51. The first-order valence-electron chi connectivity index (χ1n) is 4.04. The number of halogens is 1. The average molecular weight is 178 g/mol. The Morgan fingerprint density at radius 1 is 1.54 bits per heavy atom. The van der Waals surface area contributed by atoms with Crippen LogP contribution in [0, 0.1) is 18.2 Å².